The zero-order chi connectivity index (χ0) is 24.2. The van der Waals surface area contributed by atoms with Crippen LogP contribution in [0, 0.1) is 35.4 Å². The monoisotopic (exact) mass is 529 g/mol. The Balaban J connectivity index is 1.59. The topological polar surface area (TPSA) is 65.5 Å². The van der Waals surface area contributed by atoms with Crippen molar-refractivity contribution < 1.29 is 23.5 Å². The number of hydrogen-bond acceptors (Lipinski definition) is 5. The first-order valence-electron chi connectivity index (χ1n) is 11.7. The maximum absolute atomic E-state index is 13.6. The highest BCUT2D eigenvalue weighted by Crippen LogP contribution is 2.50. The molecule has 2 aliphatic rings. The van der Waals surface area contributed by atoms with Gasteiger partial charge in [-0.3, -0.25) is 14.6 Å². The molecule has 1 saturated heterocycles. The lowest BCUT2D eigenvalue weighted by atomic mass is 9.60. The summed E-state index contributed by atoms with van der Waals surface area (Å²) in [5, 5.41) is 0.819. The third-order valence-corrected chi connectivity index (χ3v) is 7.55. The van der Waals surface area contributed by atoms with Crippen LogP contribution in [0.1, 0.15) is 32.4 Å². The van der Waals surface area contributed by atoms with E-state index in [9.17, 15) is 14.0 Å². The fourth-order valence-electron chi connectivity index (χ4n) is 5.56. The van der Waals surface area contributed by atoms with E-state index in [4.69, 9.17) is 9.47 Å². The molecule has 0 unspecified atom stereocenters. The lowest BCUT2D eigenvalue weighted by Gasteiger charge is -2.43. The van der Waals surface area contributed by atoms with Crippen LogP contribution in [0.25, 0.3) is 17.2 Å². The third-order valence-electron chi connectivity index (χ3n) is 7.09. The van der Waals surface area contributed by atoms with Crippen LogP contribution in [0.15, 0.2) is 48.7 Å². The Kier molecular flexibility index (Phi) is 7.81. The minimum Gasteiger partial charge on any atom is -0.466 e. The van der Waals surface area contributed by atoms with Crippen LogP contribution in [0.5, 0.6) is 0 Å². The summed E-state index contributed by atoms with van der Waals surface area (Å²) in [6.45, 7) is 3.68. The smallest absolute Gasteiger partial charge is 0.309 e. The lowest BCUT2D eigenvalue weighted by molar-refractivity contribution is -0.145. The number of pyridine rings is 1. The molecule has 1 aliphatic carbocycles. The minimum atomic E-state index is -0.309. The van der Waals surface area contributed by atoms with E-state index in [0.29, 0.717) is 13.0 Å². The van der Waals surface area contributed by atoms with Gasteiger partial charge < -0.3 is 9.47 Å². The van der Waals surface area contributed by atoms with Crippen molar-refractivity contribution in [1.29, 1.82) is 0 Å². The van der Waals surface area contributed by atoms with Crippen molar-refractivity contribution in [2.75, 3.05) is 11.9 Å². The molecule has 34 heavy (non-hydrogen) atoms. The van der Waals surface area contributed by atoms with Gasteiger partial charge in [-0.1, -0.05) is 40.2 Å². The molecule has 180 valence electrons. The zero-order valence-electron chi connectivity index (χ0n) is 19.3. The lowest BCUT2D eigenvalue weighted by Crippen LogP contribution is -2.43. The molecule has 1 aromatic carbocycles. The van der Waals surface area contributed by atoms with E-state index >= 15 is 0 Å². The Labute approximate surface area is 207 Å². The Morgan fingerprint density at radius 1 is 1.29 bits per heavy atom. The number of cyclic esters (lactones) is 1. The normalized spacial score (nSPS) is 28.5. The molecule has 0 radical (unpaired) electrons. The molecule has 0 amide bonds. The van der Waals surface area contributed by atoms with Crippen molar-refractivity contribution in [1.82, 2.24) is 4.98 Å². The van der Waals surface area contributed by atoms with Crippen molar-refractivity contribution in [3.63, 3.8) is 0 Å². The van der Waals surface area contributed by atoms with Gasteiger partial charge in [-0.05, 0) is 67.4 Å². The van der Waals surface area contributed by atoms with Gasteiger partial charge in [0.2, 0.25) is 0 Å². The van der Waals surface area contributed by atoms with E-state index in [1.807, 2.05) is 31.2 Å². The number of hydrogen-bond donors (Lipinski definition) is 0. The second-order valence-corrected chi connectivity index (χ2v) is 9.98. The molecule has 4 rings (SSSR count). The summed E-state index contributed by atoms with van der Waals surface area (Å²) < 4.78 is 24.6. The van der Waals surface area contributed by atoms with Crippen molar-refractivity contribution in [3.05, 3.63) is 60.2 Å². The number of alkyl halides is 1. The predicted octanol–water partition coefficient (Wildman–Crippen LogP) is 5.68. The van der Waals surface area contributed by atoms with E-state index in [1.165, 1.54) is 19.1 Å². The maximum atomic E-state index is 13.6. The fraction of sp³-hybridized carbons (Fsp3) is 0.444. The quantitative estimate of drug-likeness (QED) is 0.341. The number of rotatable bonds is 7. The number of nitrogens with zero attached hydrogens (tertiary/aromatic N) is 1. The molecule has 2 heterocycles. The van der Waals surface area contributed by atoms with Gasteiger partial charge in [-0.15, -0.1) is 0 Å². The number of fused-ring (bicyclic) bond motifs is 1. The largest absolute Gasteiger partial charge is 0.466 e. The first kappa shape index (κ1) is 24.6. The zero-order valence-corrected chi connectivity index (χ0v) is 20.9. The summed E-state index contributed by atoms with van der Waals surface area (Å²) in [7, 11) is 0. The second kappa shape index (κ2) is 10.8. The van der Waals surface area contributed by atoms with Crippen LogP contribution < -0.4 is 0 Å². The van der Waals surface area contributed by atoms with Gasteiger partial charge in [0, 0.05) is 29.9 Å². The van der Waals surface area contributed by atoms with E-state index < -0.39 is 0 Å². The molecule has 1 aromatic heterocycles. The van der Waals surface area contributed by atoms with Crippen LogP contribution in [-0.4, -0.2) is 35.0 Å². The van der Waals surface area contributed by atoms with E-state index in [0.717, 1.165) is 28.6 Å². The van der Waals surface area contributed by atoms with Gasteiger partial charge in [0.05, 0.1) is 18.2 Å². The van der Waals surface area contributed by atoms with Crippen LogP contribution in [0.2, 0.25) is 0 Å². The Bertz CT molecular complexity index is 1060. The predicted molar refractivity (Wildman–Crippen MR) is 131 cm³/mol. The van der Waals surface area contributed by atoms with E-state index in [-0.39, 0.29) is 53.4 Å². The summed E-state index contributed by atoms with van der Waals surface area (Å²) in [6.07, 6.45) is 7.28. The van der Waals surface area contributed by atoms with Gasteiger partial charge in [0.15, 0.2) is 0 Å². The van der Waals surface area contributed by atoms with Gasteiger partial charge in [-0.25, -0.2) is 4.39 Å². The second-order valence-electron chi connectivity index (χ2n) is 9.18. The molecule has 5 nitrogen and oxygen atoms in total. The summed E-state index contributed by atoms with van der Waals surface area (Å²) in [6, 6.07) is 10.3. The van der Waals surface area contributed by atoms with Crippen LogP contribution >= 0.6 is 15.9 Å². The fourth-order valence-corrected chi connectivity index (χ4v) is 6.09. The molecule has 1 aliphatic heterocycles. The molecule has 0 N–H and O–H groups in total. The highest BCUT2D eigenvalue weighted by atomic mass is 79.9. The van der Waals surface area contributed by atoms with Crippen molar-refractivity contribution in [3.8, 4) is 11.1 Å². The number of aromatic nitrogens is 1. The molecular formula is C27H29BrFNO4. The molecular weight excluding hydrogens is 501 g/mol. The molecule has 0 spiro atoms. The number of ether oxygens (including phenoxy) is 2. The number of carbonyl (C=O) groups excluding carboxylic acids is 2. The SMILES string of the molecule is CC(=O)OC[C@H]1C[C@H]2C(=O)O[C@H](C)[C@H]2[C@@H](C=Cc2ccc(-c3cccc(F)c3)cn2)[C@@H]1CCBr. The summed E-state index contributed by atoms with van der Waals surface area (Å²) >= 11 is 3.58. The van der Waals surface area contributed by atoms with E-state index in [2.05, 4.69) is 27.0 Å². The third kappa shape index (κ3) is 5.40. The molecule has 6 atom stereocenters. The maximum Gasteiger partial charge on any atom is 0.309 e. The Morgan fingerprint density at radius 3 is 2.79 bits per heavy atom. The number of allylic oxidation sites excluding steroid dienone is 1. The summed E-state index contributed by atoms with van der Waals surface area (Å²) in [5.41, 5.74) is 2.41. The first-order valence-corrected chi connectivity index (χ1v) is 12.8. The van der Waals surface area contributed by atoms with Gasteiger partial charge in [0.25, 0.3) is 0 Å². The highest BCUT2D eigenvalue weighted by Gasteiger charge is 2.53. The number of esters is 2. The molecule has 0 bridgehead atoms. The number of benzene rings is 1. The number of carbonyl (C=O) groups is 2. The molecule has 1 saturated carbocycles. The average Bonchev–Trinajstić information content (AvgIpc) is 3.10. The van der Waals surface area contributed by atoms with Crippen LogP contribution in [0.3, 0.4) is 0 Å². The standard InChI is InChI=1S/C27H29BrFNO4/c1-16-26-24(9-8-22-7-6-19(14-30-22)18-4-3-5-21(29)12-18)23(10-11-28)20(15-33-17(2)31)13-25(26)27(32)34-16/h3-9,12,14,16,20,23-26H,10-11,13,15H2,1-2H3/t16-,20-,23-,24+,25-,26+/m1/s1. The van der Waals surface area contributed by atoms with Crippen molar-refractivity contribution >= 4 is 33.9 Å². The first-order chi connectivity index (χ1) is 16.4. The van der Waals surface area contributed by atoms with Gasteiger partial charge in [-0.2, -0.15) is 0 Å². The van der Waals surface area contributed by atoms with Gasteiger partial charge >= 0.3 is 11.9 Å². The average molecular weight is 530 g/mol. The van der Waals surface area contributed by atoms with Crippen molar-refractivity contribution in [2.45, 2.75) is 32.8 Å². The minimum absolute atomic E-state index is 0.0768. The summed E-state index contributed by atoms with van der Waals surface area (Å²) in [5.74, 6) is -0.457. The number of halogens is 2. The van der Waals surface area contributed by atoms with Gasteiger partial charge in [0.1, 0.15) is 11.9 Å². The molecule has 2 fully saturated rings. The molecule has 7 heteroatoms. The molecule has 2 aromatic rings. The van der Waals surface area contributed by atoms with Crippen LogP contribution in [-0.2, 0) is 19.1 Å². The Hall–Kier alpha value is -2.54. The van der Waals surface area contributed by atoms with Crippen LogP contribution in [0.4, 0.5) is 4.39 Å². The highest BCUT2D eigenvalue weighted by molar-refractivity contribution is 9.09. The summed E-state index contributed by atoms with van der Waals surface area (Å²) in [4.78, 5) is 28.6. The van der Waals surface area contributed by atoms with Crippen molar-refractivity contribution in [2.24, 2.45) is 29.6 Å². The Morgan fingerprint density at radius 2 is 2.12 bits per heavy atom. The van der Waals surface area contributed by atoms with E-state index in [1.54, 1.807) is 12.3 Å².